The van der Waals surface area contributed by atoms with Crippen LogP contribution in [0.2, 0.25) is 0 Å². The molecule has 0 spiro atoms. The van der Waals surface area contributed by atoms with Gasteiger partial charge in [0, 0.05) is 6.07 Å². The second-order valence-corrected chi connectivity index (χ2v) is 6.94. The molecule has 0 bridgehead atoms. The van der Waals surface area contributed by atoms with Gasteiger partial charge in [-0.25, -0.2) is 4.98 Å². The van der Waals surface area contributed by atoms with Gasteiger partial charge in [-0.1, -0.05) is 36.8 Å². The van der Waals surface area contributed by atoms with E-state index >= 15 is 0 Å². The second-order valence-electron chi connectivity index (χ2n) is 5.05. The molecule has 0 saturated carbocycles. The second kappa shape index (κ2) is 6.97. The van der Waals surface area contributed by atoms with Crippen LogP contribution < -0.4 is 5.32 Å². The number of hydrogen-bond donors (Lipinski definition) is 2. The first-order valence-electron chi connectivity index (χ1n) is 6.97. The third-order valence-corrected chi connectivity index (χ3v) is 4.66. The molecule has 0 saturated heterocycles. The van der Waals surface area contributed by atoms with Crippen LogP contribution in [0.25, 0.3) is 10.7 Å². The number of anilines is 1. The fourth-order valence-electron chi connectivity index (χ4n) is 1.76. The summed E-state index contributed by atoms with van der Waals surface area (Å²) >= 11 is 2.83. The fraction of sp³-hybridized carbons (Fsp3) is 0.286. The number of aromatic amines is 1. The van der Waals surface area contributed by atoms with Crippen LogP contribution in [-0.4, -0.2) is 32.0 Å². The molecule has 0 aliphatic heterocycles. The first-order valence-corrected chi connectivity index (χ1v) is 8.84. The average Bonchev–Trinajstić information content (AvgIpc) is 3.25. The van der Waals surface area contributed by atoms with E-state index in [4.69, 9.17) is 4.52 Å². The summed E-state index contributed by atoms with van der Waals surface area (Å²) in [5, 5.41) is 16.0. The summed E-state index contributed by atoms with van der Waals surface area (Å²) < 4.78 is 5.07. The first kappa shape index (κ1) is 15.8. The zero-order valence-corrected chi connectivity index (χ0v) is 14.2. The van der Waals surface area contributed by atoms with Crippen molar-refractivity contribution in [2.75, 3.05) is 11.1 Å². The SMILES string of the molecule is CC(C)c1cc(NC(=O)CSc2n[nH]c(-c3cccs3)n2)on1. The highest BCUT2D eigenvalue weighted by molar-refractivity contribution is 7.99. The maximum Gasteiger partial charge on any atom is 0.237 e. The molecule has 3 heterocycles. The summed E-state index contributed by atoms with van der Waals surface area (Å²) in [6.45, 7) is 4.02. The highest BCUT2D eigenvalue weighted by Gasteiger charge is 2.12. The molecule has 0 unspecified atom stereocenters. The third-order valence-electron chi connectivity index (χ3n) is 2.93. The minimum Gasteiger partial charge on any atom is -0.338 e. The molecule has 0 radical (unpaired) electrons. The van der Waals surface area contributed by atoms with E-state index in [9.17, 15) is 4.79 Å². The Kier molecular flexibility index (Phi) is 4.77. The van der Waals surface area contributed by atoms with Gasteiger partial charge in [0.15, 0.2) is 5.82 Å². The number of thioether (sulfide) groups is 1. The number of hydrogen-bond acceptors (Lipinski definition) is 7. The summed E-state index contributed by atoms with van der Waals surface area (Å²) in [5.74, 6) is 1.32. The maximum absolute atomic E-state index is 11.9. The van der Waals surface area contributed by atoms with Crippen molar-refractivity contribution in [1.82, 2.24) is 20.3 Å². The van der Waals surface area contributed by atoms with Crippen LogP contribution in [0.3, 0.4) is 0 Å². The molecular weight excluding hydrogens is 334 g/mol. The highest BCUT2D eigenvalue weighted by atomic mass is 32.2. The fourth-order valence-corrected chi connectivity index (χ4v) is 3.02. The lowest BCUT2D eigenvalue weighted by atomic mass is 10.1. The number of H-pyrrole nitrogens is 1. The van der Waals surface area contributed by atoms with Gasteiger partial charge in [0.2, 0.25) is 16.9 Å². The van der Waals surface area contributed by atoms with Crippen LogP contribution >= 0.6 is 23.1 Å². The van der Waals surface area contributed by atoms with Crippen LogP contribution in [0.15, 0.2) is 33.3 Å². The Balaban J connectivity index is 1.52. The molecule has 0 aromatic carbocycles. The molecule has 3 aromatic rings. The van der Waals surface area contributed by atoms with Crippen molar-refractivity contribution in [2.24, 2.45) is 0 Å². The zero-order chi connectivity index (χ0) is 16.2. The van der Waals surface area contributed by atoms with Crippen molar-refractivity contribution in [2.45, 2.75) is 24.9 Å². The molecule has 0 atom stereocenters. The van der Waals surface area contributed by atoms with E-state index in [2.05, 4.69) is 25.7 Å². The number of rotatable bonds is 6. The first-order chi connectivity index (χ1) is 11.1. The Morgan fingerprint density at radius 1 is 1.52 bits per heavy atom. The van der Waals surface area contributed by atoms with Crippen molar-refractivity contribution in [3.8, 4) is 10.7 Å². The lowest BCUT2D eigenvalue weighted by molar-refractivity contribution is -0.113. The van der Waals surface area contributed by atoms with Gasteiger partial charge in [0.05, 0.1) is 16.3 Å². The number of amides is 1. The van der Waals surface area contributed by atoms with Crippen LogP contribution in [-0.2, 0) is 4.79 Å². The van der Waals surface area contributed by atoms with Gasteiger partial charge in [0.25, 0.3) is 0 Å². The molecule has 9 heteroatoms. The van der Waals surface area contributed by atoms with Crippen LogP contribution in [0.1, 0.15) is 25.5 Å². The molecule has 3 rings (SSSR count). The number of thiophene rings is 1. The van der Waals surface area contributed by atoms with Gasteiger partial charge in [0.1, 0.15) is 0 Å². The number of carbonyl (C=O) groups is 1. The molecule has 23 heavy (non-hydrogen) atoms. The van der Waals surface area contributed by atoms with Gasteiger partial charge in [-0.05, 0) is 17.4 Å². The molecule has 0 aliphatic carbocycles. The molecule has 1 amide bonds. The maximum atomic E-state index is 11.9. The predicted molar refractivity (Wildman–Crippen MR) is 89.6 cm³/mol. The third kappa shape index (κ3) is 3.99. The normalized spacial score (nSPS) is 11.1. The Morgan fingerprint density at radius 2 is 2.39 bits per heavy atom. The van der Waals surface area contributed by atoms with E-state index in [1.165, 1.54) is 11.8 Å². The highest BCUT2D eigenvalue weighted by Crippen LogP contribution is 2.23. The van der Waals surface area contributed by atoms with E-state index in [1.54, 1.807) is 17.4 Å². The summed E-state index contributed by atoms with van der Waals surface area (Å²) in [5.41, 5.74) is 0.808. The quantitative estimate of drug-likeness (QED) is 0.662. The Bertz CT molecular complexity index is 779. The van der Waals surface area contributed by atoms with Crippen molar-refractivity contribution < 1.29 is 9.32 Å². The van der Waals surface area contributed by atoms with Gasteiger partial charge >= 0.3 is 0 Å². The van der Waals surface area contributed by atoms with E-state index < -0.39 is 0 Å². The Morgan fingerprint density at radius 3 is 3.09 bits per heavy atom. The van der Waals surface area contributed by atoms with E-state index in [1.807, 2.05) is 31.4 Å². The molecule has 2 N–H and O–H groups in total. The zero-order valence-electron chi connectivity index (χ0n) is 12.6. The van der Waals surface area contributed by atoms with Crippen molar-refractivity contribution in [3.63, 3.8) is 0 Å². The van der Waals surface area contributed by atoms with Gasteiger partial charge in [-0.15, -0.1) is 16.4 Å². The van der Waals surface area contributed by atoms with Gasteiger partial charge in [-0.2, -0.15) is 0 Å². The number of carbonyl (C=O) groups excluding carboxylic acids is 1. The van der Waals surface area contributed by atoms with E-state index in [-0.39, 0.29) is 17.6 Å². The largest absolute Gasteiger partial charge is 0.338 e. The Hall–Kier alpha value is -2.13. The standard InChI is InChI=1S/C14H15N5O2S2/c1-8(2)9-6-12(21-19-9)15-11(20)7-23-14-16-13(17-18-14)10-4-3-5-22-10/h3-6,8H,7H2,1-2H3,(H,15,20)(H,16,17,18). The summed E-state index contributed by atoms with van der Waals surface area (Å²) in [6.07, 6.45) is 0. The molecular formula is C14H15N5O2S2. The molecule has 7 nitrogen and oxygen atoms in total. The topological polar surface area (TPSA) is 96.7 Å². The van der Waals surface area contributed by atoms with Crippen molar-refractivity contribution >= 4 is 34.9 Å². The molecule has 120 valence electrons. The minimum absolute atomic E-state index is 0.191. The molecule has 0 aliphatic rings. The predicted octanol–water partition coefficient (Wildman–Crippen LogP) is 3.38. The van der Waals surface area contributed by atoms with Gasteiger partial charge < -0.3 is 4.52 Å². The monoisotopic (exact) mass is 349 g/mol. The number of nitrogens with zero attached hydrogens (tertiary/aromatic N) is 3. The van der Waals surface area contributed by atoms with Crippen molar-refractivity contribution in [3.05, 3.63) is 29.3 Å². The summed E-state index contributed by atoms with van der Waals surface area (Å²) in [4.78, 5) is 17.3. The Labute approximate surface area is 140 Å². The minimum atomic E-state index is -0.191. The molecule has 3 aromatic heterocycles. The van der Waals surface area contributed by atoms with Crippen LogP contribution in [0, 0.1) is 0 Å². The lowest BCUT2D eigenvalue weighted by Gasteiger charge is -1.98. The van der Waals surface area contributed by atoms with Crippen LogP contribution in [0.4, 0.5) is 5.88 Å². The van der Waals surface area contributed by atoms with Crippen molar-refractivity contribution in [1.29, 1.82) is 0 Å². The molecule has 0 fully saturated rings. The lowest BCUT2D eigenvalue weighted by Crippen LogP contribution is -2.13. The summed E-state index contributed by atoms with van der Waals surface area (Å²) in [6, 6.07) is 5.64. The van der Waals surface area contributed by atoms with E-state index in [0.29, 0.717) is 16.9 Å². The van der Waals surface area contributed by atoms with Gasteiger partial charge in [-0.3, -0.25) is 15.2 Å². The summed E-state index contributed by atoms with van der Waals surface area (Å²) in [7, 11) is 0. The van der Waals surface area contributed by atoms with E-state index in [0.717, 1.165) is 10.6 Å². The van der Waals surface area contributed by atoms with Crippen LogP contribution in [0.5, 0.6) is 0 Å². The number of nitrogens with one attached hydrogen (secondary N) is 2. The smallest absolute Gasteiger partial charge is 0.237 e. The average molecular weight is 349 g/mol. The number of aromatic nitrogens is 4.